The Balaban J connectivity index is 1.89. The number of carboxylic acid groups (broad SMARTS) is 1. The highest BCUT2D eigenvalue weighted by Crippen LogP contribution is 2.16. The van der Waals surface area contributed by atoms with Crippen LogP contribution in [0.2, 0.25) is 0 Å². The fraction of sp³-hybridized carbons (Fsp3) is 0.308. The summed E-state index contributed by atoms with van der Waals surface area (Å²) in [5, 5.41) is 12.0. The standard InChI is InChI=1S/C13H14N4O2/c18-13(19)11-8-17(6-5-14-11)12-7-15-9-3-1-2-4-10(9)16-12/h1-4,7,11,14H,5-6,8H2,(H,18,19)/t11-/m1/s1. The molecule has 3 rings (SSSR count). The molecule has 1 saturated heterocycles. The highest BCUT2D eigenvalue weighted by Gasteiger charge is 2.25. The Labute approximate surface area is 110 Å². The molecular formula is C13H14N4O2. The van der Waals surface area contributed by atoms with Gasteiger partial charge in [0.1, 0.15) is 11.9 Å². The Morgan fingerprint density at radius 1 is 1.37 bits per heavy atom. The first-order valence-corrected chi connectivity index (χ1v) is 6.17. The van der Waals surface area contributed by atoms with Crippen molar-refractivity contribution >= 4 is 22.8 Å². The summed E-state index contributed by atoms with van der Waals surface area (Å²) < 4.78 is 0. The summed E-state index contributed by atoms with van der Waals surface area (Å²) in [5.74, 6) is -0.107. The number of hydrogen-bond donors (Lipinski definition) is 2. The monoisotopic (exact) mass is 258 g/mol. The molecule has 98 valence electrons. The third-order valence-electron chi connectivity index (χ3n) is 3.23. The zero-order valence-electron chi connectivity index (χ0n) is 10.3. The molecule has 0 unspecified atom stereocenters. The summed E-state index contributed by atoms with van der Waals surface area (Å²) in [6, 6.07) is 7.09. The lowest BCUT2D eigenvalue weighted by molar-refractivity contribution is -0.139. The van der Waals surface area contributed by atoms with Crippen LogP contribution < -0.4 is 10.2 Å². The molecule has 0 aliphatic carbocycles. The third-order valence-corrected chi connectivity index (χ3v) is 3.23. The average Bonchev–Trinajstić information content (AvgIpc) is 2.47. The fourth-order valence-electron chi connectivity index (χ4n) is 2.22. The second-order valence-corrected chi connectivity index (χ2v) is 4.51. The van der Waals surface area contributed by atoms with Crippen LogP contribution in [-0.2, 0) is 4.79 Å². The molecular weight excluding hydrogens is 244 g/mol. The van der Waals surface area contributed by atoms with E-state index in [2.05, 4.69) is 15.3 Å². The highest BCUT2D eigenvalue weighted by molar-refractivity contribution is 5.76. The van der Waals surface area contributed by atoms with Gasteiger partial charge in [-0.2, -0.15) is 0 Å². The average molecular weight is 258 g/mol. The maximum atomic E-state index is 11.0. The minimum atomic E-state index is -0.835. The first-order valence-electron chi connectivity index (χ1n) is 6.17. The van der Waals surface area contributed by atoms with Crippen LogP contribution in [0, 0.1) is 0 Å². The zero-order chi connectivity index (χ0) is 13.2. The second-order valence-electron chi connectivity index (χ2n) is 4.51. The minimum absolute atomic E-state index is 0.405. The highest BCUT2D eigenvalue weighted by atomic mass is 16.4. The molecule has 1 atom stereocenters. The lowest BCUT2D eigenvalue weighted by atomic mass is 10.2. The Kier molecular flexibility index (Phi) is 3.00. The lowest BCUT2D eigenvalue weighted by Gasteiger charge is -2.32. The van der Waals surface area contributed by atoms with Crippen molar-refractivity contribution < 1.29 is 9.90 Å². The second kappa shape index (κ2) is 4.81. The summed E-state index contributed by atoms with van der Waals surface area (Å²) in [4.78, 5) is 21.9. The van der Waals surface area contributed by atoms with Gasteiger partial charge in [0, 0.05) is 19.6 Å². The smallest absolute Gasteiger partial charge is 0.322 e. The van der Waals surface area contributed by atoms with Crippen molar-refractivity contribution in [2.24, 2.45) is 0 Å². The zero-order valence-corrected chi connectivity index (χ0v) is 10.3. The fourth-order valence-corrected chi connectivity index (χ4v) is 2.22. The van der Waals surface area contributed by atoms with Gasteiger partial charge in [0.15, 0.2) is 0 Å². The number of carboxylic acids is 1. The number of benzene rings is 1. The van der Waals surface area contributed by atoms with E-state index in [0.717, 1.165) is 23.4 Å². The summed E-state index contributed by atoms with van der Waals surface area (Å²) in [6.07, 6.45) is 1.70. The van der Waals surface area contributed by atoms with E-state index in [9.17, 15) is 4.79 Å². The molecule has 1 aliphatic rings. The van der Waals surface area contributed by atoms with Gasteiger partial charge in [-0.05, 0) is 12.1 Å². The van der Waals surface area contributed by atoms with Crippen molar-refractivity contribution in [1.29, 1.82) is 0 Å². The number of hydrogen-bond acceptors (Lipinski definition) is 5. The van der Waals surface area contributed by atoms with Crippen molar-refractivity contribution in [2.45, 2.75) is 6.04 Å². The van der Waals surface area contributed by atoms with Crippen LogP contribution in [0.5, 0.6) is 0 Å². The van der Waals surface area contributed by atoms with E-state index in [1.807, 2.05) is 29.2 Å². The summed E-state index contributed by atoms with van der Waals surface area (Å²) in [7, 11) is 0. The SMILES string of the molecule is O=C(O)[C@H]1CN(c2cnc3ccccc3n2)CCN1. The lowest BCUT2D eigenvalue weighted by Crippen LogP contribution is -2.54. The number of para-hydroxylation sites is 2. The molecule has 0 radical (unpaired) electrons. The van der Waals surface area contributed by atoms with Gasteiger partial charge in [-0.15, -0.1) is 0 Å². The minimum Gasteiger partial charge on any atom is -0.480 e. The van der Waals surface area contributed by atoms with Crippen LogP contribution in [0.4, 0.5) is 5.82 Å². The summed E-state index contributed by atoms with van der Waals surface area (Å²) in [5.41, 5.74) is 1.67. The van der Waals surface area contributed by atoms with Gasteiger partial charge in [-0.3, -0.25) is 9.78 Å². The molecule has 1 aromatic carbocycles. The van der Waals surface area contributed by atoms with Crippen molar-refractivity contribution in [2.75, 3.05) is 24.5 Å². The number of nitrogens with one attached hydrogen (secondary N) is 1. The predicted octanol–water partition coefficient (Wildman–Crippen LogP) is 0.493. The first kappa shape index (κ1) is 11.9. The molecule has 1 aromatic heterocycles. The van der Waals surface area contributed by atoms with Crippen LogP contribution in [0.25, 0.3) is 11.0 Å². The molecule has 0 saturated carbocycles. The number of aromatic nitrogens is 2. The molecule has 6 nitrogen and oxygen atoms in total. The van der Waals surface area contributed by atoms with E-state index in [4.69, 9.17) is 5.11 Å². The van der Waals surface area contributed by atoms with E-state index >= 15 is 0 Å². The molecule has 1 aliphatic heterocycles. The van der Waals surface area contributed by atoms with Gasteiger partial charge in [0.2, 0.25) is 0 Å². The molecule has 0 amide bonds. The van der Waals surface area contributed by atoms with Gasteiger partial charge in [-0.25, -0.2) is 4.98 Å². The molecule has 2 N–H and O–H groups in total. The van der Waals surface area contributed by atoms with Crippen molar-refractivity contribution in [3.63, 3.8) is 0 Å². The Hall–Kier alpha value is -2.21. The number of fused-ring (bicyclic) bond motifs is 1. The third kappa shape index (κ3) is 2.34. The number of carbonyl (C=O) groups is 1. The Bertz CT molecular complexity index is 616. The normalized spacial score (nSPS) is 19.6. The molecule has 0 bridgehead atoms. The Morgan fingerprint density at radius 2 is 2.16 bits per heavy atom. The first-order chi connectivity index (χ1) is 9.24. The number of rotatable bonds is 2. The van der Waals surface area contributed by atoms with E-state index < -0.39 is 12.0 Å². The van der Waals surface area contributed by atoms with E-state index in [1.54, 1.807) is 6.20 Å². The number of anilines is 1. The quantitative estimate of drug-likeness (QED) is 0.816. The topological polar surface area (TPSA) is 78.3 Å². The van der Waals surface area contributed by atoms with Gasteiger partial charge in [0.05, 0.1) is 17.2 Å². The molecule has 1 fully saturated rings. The Morgan fingerprint density at radius 3 is 2.95 bits per heavy atom. The summed E-state index contributed by atoms with van der Waals surface area (Å²) >= 11 is 0. The molecule has 6 heteroatoms. The van der Waals surface area contributed by atoms with Crippen LogP contribution in [0.3, 0.4) is 0 Å². The molecule has 2 heterocycles. The van der Waals surface area contributed by atoms with Crippen LogP contribution in [0.1, 0.15) is 0 Å². The van der Waals surface area contributed by atoms with Crippen LogP contribution >= 0.6 is 0 Å². The van der Waals surface area contributed by atoms with Gasteiger partial charge < -0.3 is 15.3 Å². The molecule has 2 aromatic rings. The number of piperazine rings is 1. The largest absolute Gasteiger partial charge is 0.480 e. The van der Waals surface area contributed by atoms with Gasteiger partial charge in [0.25, 0.3) is 0 Å². The van der Waals surface area contributed by atoms with Crippen LogP contribution in [0.15, 0.2) is 30.5 Å². The summed E-state index contributed by atoms with van der Waals surface area (Å²) in [6.45, 7) is 1.77. The van der Waals surface area contributed by atoms with Crippen molar-refractivity contribution in [1.82, 2.24) is 15.3 Å². The number of nitrogens with zero attached hydrogens (tertiary/aromatic N) is 3. The van der Waals surface area contributed by atoms with Gasteiger partial charge in [-0.1, -0.05) is 12.1 Å². The van der Waals surface area contributed by atoms with E-state index in [-0.39, 0.29) is 0 Å². The predicted molar refractivity (Wildman–Crippen MR) is 71.2 cm³/mol. The van der Waals surface area contributed by atoms with Crippen molar-refractivity contribution in [3.05, 3.63) is 30.5 Å². The molecule has 0 spiro atoms. The van der Waals surface area contributed by atoms with Gasteiger partial charge >= 0.3 is 5.97 Å². The maximum Gasteiger partial charge on any atom is 0.322 e. The van der Waals surface area contributed by atoms with Crippen molar-refractivity contribution in [3.8, 4) is 0 Å². The van der Waals surface area contributed by atoms with Crippen LogP contribution in [-0.4, -0.2) is 46.7 Å². The maximum absolute atomic E-state index is 11.0. The van der Waals surface area contributed by atoms with E-state index in [0.29, 0.717) is 13.1 Å². The van der Waals surface area contributed by atoms with E-state index in [1.165, 1.54) is 0 Å². The molecule has 19 heavy (non-hydrogen) atoms. The number of aliphatic carboxylic acids is 1.